The Kier molecular flexibility index (Phi) is 2.91. The molecule has 1 saturated carbocycles. The van der Waals surface area contributed by atoms with Crippen molar-refractivity contribution in [2.45, 2.75) is 43.9 Å². The average Bonchev–Trinajstić information content (AvgIpc) is 3.01. The van der Waals surface area contributed by atoms with Gasteiger partial charge >= 0.3 is 0 Å². The number of fused-ring (bicyclic) bond motifs is 1. The van der Waals surface area contributed by atoms with Gasteiger partial charge in [-0.3, -0.25) is 0 Å². The minimum Gasteiger partial charge on any atom is -0.373 e. The number of halogens is 1. The van der Waals surface area contributed by atoms with Crippen LogP contribution in [0.25, 0.3) is 0 Å². The van der Waals surface area contributed by atoms with E-state index in [4.69, 9.17) is 0 Å². The van der Waals surface area contributed by atoms with Crippen molar-refractivity contribution < 1.29 is 4.21 Å². The van der Waals surface area contributed by atoms with E-state index in [1.54, 1.807) is 0 Å². The third kappa shape index (κ3) is 2.27. The van der Waals surface area contributed by atoms with E-state index >= 15 is 0 Å². The summed E-state index contributed by atoms with van der Waals surface area (Å²) < 4.78 is 17.6. The van der Waals surface area contributed by atoms with Crippen molar-refractivity contribution in [3.05, 3.63) is 28.2 Å². The molecule has 0 aromatic heterocycles. The van der Waals surface area contributed by atoms with Gasteiger partial charge in [0.2, 0.25) is 0 Å². The Morgan fingerprint density at radius 1 is 1.37 bits per heavy atom. The van der Waals surface area contributed by atoms with Crippen LogP contribution in [0.5, 0.6) is 0 Å². The number of rotatable bonds is 1. The highest BCUT2D eigenvalue weighted by Gasteiger charge is 2.53. The first-order valence-corrected chi connectivity index (χ1v) is 8.31. The number of benzene rings is 1. The molecular formula is C14H17BrN2OS. The van der Waals surface area contributed by atoms with Crippen LogP contribution in [0.3, 0.4) is 0 Å². The Morgan fingerprint density at radius 3 is 2.63 bits per heavy atom. The molecule has 3 rings (SSSR count). The van der Waals surface area contributed by atoms with Gasteiger partial charge in [0.15, 0.2) is 0 Å². The first kappa shape index (κ1) is 13.3. The smallest absolute Gasteiger partial charge is 0.145 e. The molecule has 1 heterocycles. The number of hydrogen-bond acceptors (Lipinski definition) is 2. The molecule has 1 spiro atoms. The van der Waals surface area contributed by atoms with Crippen LogP contribution < -0.4 is 5.32 Å². The predicted octanol–water partition coefficient (Wildman–Crippen LogP) is 3.66. The van der Waals surface area contributed by atoms with E-state index in [1.165, 1.54) is 0 Å². The van der Waals surface area contributed by atoms with Gasteiger partial charge in [-0.2, -0.15) is 4.40 Å². The Hall–Kier alpha value is -0.680. The lowest BCUT2D eigenvalue weighted by atomic mass is 10.1. The third-order valence-electron chi connectivity index (χ3n) is 3.51. The monoisotopic (exact) mass is 340 g/mol. The molecule has 1 aromatic carbocycles. The van der Waals surface area contributed by atoms with Gasteiger partial charge in [-0.1, -0.05) is 15.9 Å². The summed E-state index contributed by atoms with van der Waals surface area (Å²) in [5.74, 6) is 0. The predicted molar refractivity (Wildman–Crippen MR) is 84.2 cm³/mol. The van der Waals surface area contributed by atoms with Gasteiger partial charge in [-0.25, -0.2) is 4.21 Å². The van der Waals surface area contributed by atoms with Crippen molar-refractivity contribution in [1.29, 1.82) is 0 Å². The molecule has 1 aliphatic carbocycles. The SMILES string of the molecule is CC(C)(C)S(=O)N=C1c2cc(Br)ccc2NC12CC2. The van der Waals surface area contributed by atoms with Gasteiger partial charge < -0.3 is 5.32 Å². The zero-order valence-corrected chi connectivity index (χ0v) is 13.7. The summed E-state index contributed by atoms with van der Waals surface area (Å²) >= 11 is 3.50. The Morgan fingerprint density at radius 2 is 2.05 bits per heavy atom. The normalized spacial score (nSPS) is 23.3. The van der Waals surface area contributed by atoms with Crippen molar-refractivity contribution in [3.63, 3.8) is 0 Å². The highest BCUT2D eigenvalue weighted by atomic mass is 79.9. The van der Waals surface area contributed by atoms with Gasteiger partial charge in [0, 0.05) is 15.7 Å². The summed E-state index contributed by atoms with van der Waals surface area (Å²) in [7, 11) is -1.21. The minimum atomic E-state index is -1.21. The van der Waals surface area contributed by atoms with E-state index < -0.39 is 11.0 Å². The first-order chi connectivity index (χ1) is 8.82. The fourth-order valence-corrected chi connectivity index (χ4v) is 3.31. The van der Waals surface area contributed by atoms with Gasteiger partial charge in [0.25, 0.3) is 0 Å². The van der Waals surface area contributed by atoms with Crippen LogP contribution in [0.1, 0.15) is 39.2 Å². The topological polar surface area (TPSA) is 41.5 Å². The highest BCUT2D eigenvalue weighted by molar-refractivity contribution is 9.10. The molecule has 1 atom stereocenters. The fourth-order valence-electron chi connectivity index (χ4n) is 2.24. The summed E-state index contributed by atoms with van der Waals surface area (Å²) in [5.41, 5.74) is 3.11. The lowest BCUT2D eigenvalue weighted by molar-refractivity contribution is 0.650. The van der Waals surface area contributed by atoms with E-state index in [-0.39, 0.29) is 10.3 Å². The Bertz CT molecular complexity index is 600. The standard InChI is InChI=1S/C14H17BrN2OS/c1-13(2,3)19(18)17-12-10-8-9(15)4-5-11(10)16-14(12)6-7-14/h4-5,8,16H,6-7H2,1-3H3. The van der Waals surface area contributed by atoms with Crippen LogP contribution in [0, 0.1) is 0 Å². The maximum Gasteiger partial charge on any atom is 0.145 e. The molecule has 1 aliphatic heterocycles. The second kappa shape index (κ2) is 4.16. The zero-order chi connectivity index (χ0) is 13.8. The molecule has 1 fully saturated rings. The van der Waals surface area contributed by atoms with Gasteiger partial charge in [-0.15, -0.1) is 0 Å². The molecule has 0 amide bonds. The average molecular weight is 341 g/mol. The lowest BCUT2D eigenvalue weighted by Gasteiger charge is -2.16. The number of nitrogens with one attached hydrogen (secondary N) is 1. The third-order valence-corrected chi connectivity index (χ3v) is 5.40. The Balaban J connectivity index is 2.08. The number of hydrogen-bond donors (Lipinski definition) is 1. The maximum absolute atomic E-state index is 12.3. The second-order valence-electron chi connectivity index (χ2n) is 6.20. The van der Waals surface area contributed by atoms with Crippen LogP contribution in [0.2, 0.25) is 0 Å². The molecule has 5 heteroatoms. The molecule has 0 saturated heterocycles. The molecule has 1 aromatic rings. The molecule has 3 nitrogen and oxygen atoms in total. The minimum absolute atomic E-state index is 0.0516. The zero-order valence-electron chi connectivity index (χ0n) is 11.3. The summed E-state index contributed by atoms with van der Waals surface area (Å²) in [5, 5.41) is 3.53. The van der Waals surface area contributed by atoms with Gasteiger partial charge in [0.1, 0.15) is 11.0 Å². The van der Waals surface area contributed by atoms with Crippen molar-refractivity contribution in [1.82, 2.24) is 0 Å². The van der Waals surface area contributed by atoms with E-state index in [9.17, 15) is 4.21 Å². The summed E-state index contributed by atoms with van der Waals surface area (Å²) in [6, 6.07) is 6.14. The van der Waals surface area contributed by atoms with E-state index in [0.717, 1.165) is 34.3 Å². The first-order valence-electron chi connectivity index (χ1n) is 6.41. The van der Waals surface area contributed by atoms with Crippen LogP contribution in [0.4, 0.5) is 5.69 Å². The van der Waals surface area contributed by atoms with Crippen LogP contribution >= 0.6 is 15.9 Å². The van der Waals surface area contributed by atoms with Crippen LogP contribution in [0.15, 0.2) is 27.1 Å². The summed E-state index contributed by atoms with van der Waals surface area (Å²) in [6.45, 7) is 5.87. The summed E-state index contributed by atoms with van der Waals surface area (Å²) in [6.07, 6.45) is 2.14. The largest absolute Gasteiger partial charge is 0.373 e. The van der Waals surface area contributed by atoms with Gasteiger partial charge in [-0.05, 0) is 51.8 Å². The van der Waals surface area contributed by atoms with E-state index in [2.05, 4.69) is 37.8 Å². The van der Waals surface area contributed by atoms with Gasteiger partial charge in [0.05, 0.1) is 16.0 Å². The molecule has 2 aliphatic rings. The number of anilines is 1. The Labute approximate surface area is 124 Å². The highest BCUT2D eigenvalue weighted by Crippen LogP contribution is 2.49. The molecule has 1 unspecified atom stereocenters. The summed E-state index contributed by atoms with van der Waals surface area (Å²) in [4.78, 5) is 0. The van der Waals surface area contributed by atoms with Crippen molar-refractivity contribution in [3.8, 4) is 0 Å². The van der Waals surface area contributed by atoms with E-state index in [1.807, 2.05) is 26.8 Å². The molecule has 19 heavy (non-hydrogen) atoms. The van der Waals surface area contributed by atoms with Crippen molar-refractivity contribution in [2.24, 2.45) is 4.40 Å². The lowest BCUT2D eigenvalue weighted by Crippen LogP contribution is -2.28. The van der Waals surface area contributed by atoms with Crippen LogP contribution in [-0.4, -0.2) is 20.2 Å². The second-order valence-corrected chi connectivity index (χ2v) is 9.02. The molecule has 102 valence electrons. The molecule has 1 N–H and O–H groups in total. The molecule has 0 bridgehead atoms. The van der Waals surface area contributed by atoms with Crippen molar-refractivity contribution >= 4 is 38.3 Å². The van der Waals surface area contributed by atoms with Crippen LogP contribution in [-0.2, 0) is 11.0 Å². The fraction of sp³-hybridized carbons (Fsp3) is 0.500. The quantitative estimate of drug-likeness (QED) is 0.847. The van der Waals surface area contributed by atoms with E-state index in [0.29, 0.717) is 0 Å². The maximum atomic E-state index is 12.3. The number of nitrogens with zero attached hydrogens (tertiary/aromatic N) is 1. The molecule has 0 radical (unpaired) electrons. The van der Waals surface area contributed by atoms with Crippen molar-refractivity contribution in [2.75, 3.05) is 5.32 Å². The molecular weight excluding hydrogens is 324 g/mol.